The van der Waals surface area contributed by atoms with Gasteiger partial charge >= 0.3 is 18.0 Å². The number of benzene rings is 6. The van der Waals surface area contributed by atoms with E-state index in [1.54, 1.807) is 25.1 Å². The Morgan fingerprint density at radius 3 is 1.35 bits per heavy atom. The summed E-state index contributed by atoms with van der Waals surface area (Å²) in [4.78, 5) is 79.0. The predicted octanol–water partition coefficient (Wildman–Crippen LogP) is 10.5. The summed E-state index contributed by atoms with van der Waals surface area (Å²) in [6, 6.07) is 30.4. The number of carboxylic acids is 1. The monoisotopic (exact) mass is 1220 g/mol. The third-order valence-corrected chi connectivity index (χ3v) is 14.2. The zero-order valence-corrected chi connectivity index (χ0v) is 50.9. The Morgan fingerprint density at radius 1 is 0.562 bits per heavy atom. The van der Waals surface area contributed by atoms with Crippen LogP contribution < -0.4 is 51.9 Å². The number of likely N-dealkylation sites (N-methyl/N-ethyl adjacent to an activating group) is 2. The summed E-state index contributed by atoms with van der Waals surface area (Å²) in [5.41, 5.74) is 12.7. The minimum Gasteiger partial charge on any atom is -0.478 e. The Hall–Kier alpha value is -10.4. The van der Waals surface area contributed by atoms with Crippen molar-refractivity contribution in [1.82, 2.24) is 40.4 Å². The number of anilines is 10. The average molecular weight is 1220 g/mol. The molecule has 0 bridgehead atoms. The molecule has 0 fully saturated rings. The van der Waals surface area contributed by atoms with Crippen LogP contribution in [0.5, 0.6) is 0 Å². The molecule has 0 saturated carbocycles. The second kappa shape index (κ2) is 28.4. The molecule has 5 amide bonds. The second-order valence-electron chi connectivity index (χ2n) is 21.7. The van der Waals surface area contributed by atoms with E-state index in [9.17, 15) is 41.8 Å². The maximum absolute atomic E-state index is 15.0. The molecule has 21 nitrogen and oxygen atoms in total. The highest BCUT2D eigenvalue weighted by atomic mass is 19.1. The van der Waals surface area contributed by atoms with Gasteiger partial charge < -0.3 is 57.0 Å². The Morgan fingerprint density at radius 2 is 0.955 bits per heavy atom. The van der Waals surface area contributed by atoms with Crippen molar-refractivity contribution < 1.29 is 41.8 Å². The number of hydrogen-bond donors (Lipinski definition) is 7. The number of nitrogen functional groups attached to an aromatic ring is 1. The largest absolute Gasteiger partial charge is 0.478 e. The first-order valence-corrected chi connectivity index (χ1v) is 28.1. The number of amides is 5. The molecule has 0 radical (unpaired) electrons. The number of aromatic carboxylic acids is 1. The number of carboxylic acid groups (broad SMARTS) is 1. The number of nitrogens with one attached hydrogen (secondary N) is 5. The first-order valence-electron chi connectivity index (χ1n) is 28.1. The topological polar surface area (TPSA) is 246 Å². The van der Waals surface area contributed by atoms with E-state index < -0.39 is 52.7 Å². The van der Waals surface area contributed by atoms with E-state index in [1.165, 1.54) is 30.0 Å². The lowest BCUT2D eigenvalue weighted by Crippen LogP contribution is -2.43. The van der Waals surface area contributed by atoms with Gasteiger partial charge in [0.1, 0.15) is 34.6 Å². The van der Waals surface area contributed by atoms with Crippen molar-refractivity contribution in [2.75, 3.05) is 124 Å². The van der Waals surface area contributed by atoms with E-state index in [1.807, 2.05) is 138 Å². The zero-order chi connectivity index (χ0) is 64.4. The number of halogens is 4. The van der Waals surface area contributed by atoms with Gasteiger partial charge in [-0.25, -0.2) is 51.7 Å². The lowest BCUT2D eigenvalue weighted by molar-refractivity contribution is 0.0696. The summed E-state index contributed by atoms with van der Waals surface area (Å²) in [5.74, 6) is -4.75. The molecular weight excluding hydrogens is 1150 g/mol. The van der Waals surface area contributed by atoms with E-state index in [4.69, 9.17) is 10.7 Å². The van der Waals surface area contributed by atoms with E-state index in [0.29, 0.717) is 71.1 Å². The number of aromatic nitrogens is 4. The number of hydrogen-bond acceptors (Lipinski definition) is 15. The summed E-state index contributed by atoms with van der Waals surface area (Å²) < 4.78 is 59.4. The van der Waals surface area contributed by atoms with Gasteiger partial charge in [0, 0.05) is 105 Å². The third-order valence-electron chi connectivity index (χ3n) is 14.2. The fraction of sp³-hybridized carbons (Fsp3) is 0.250. The molecule has 0 aliphatic carbocycles. The Bertz CT molecular complexity index is 3870. The van der Waals surface area contributed by atoms with Crippen molar-refractivity contribution in [3.05, 3.63) is 178 Å². The van der Waals surface area contributed by atoms with Gasteiger partial charge in [-0.2, -0.15) is 9.97 Å². The fourth-order valence-electron chi connectivity index (χ4n) is 9.37. The first kappa shape index (κ1) is 64.6. The molecule has 2 aromatic heterocycles. The van der Waals surface area contributed by atoms with Crippen molar-refractivity contribution in [2.24, 2.45) is 0 Å². The number of aryl methyl sites for hydroxylation is 2. The normalized spacial score (nSPS) is 12.4. The van der Waals surface area contributed by atoms with Gasteiger partial charge in [-0.05, 0) is 150 Å². The minimum atomic E-state index is -1.11. The Kier molecular flexibility index (Phi) is 20.6. The van der Waals surface area contributed by atoms with Crippen LogP contribution in [0.1, 0.15) is 43.0 Å². The summed E-state index contributed by atoms with van der Waals surface area (Å²) in [7, 11) is 15.5. The van der Waals surface area contributed by atoms with Crippen molar-refractivity contribution in [3.63, 3.8) is 0 Å². The van der Waals surface area contributed by atoms with Gasteiger partial charge in [0.25, 0.3) is 5.91 Å². The molecule has 464 valence electrons. The molecule has 25 heteroatoms. The zero-order valence-electron chi connectivity index (χ0n) is 50.9. The van der Waals surface area contributed by atoms with E-state index in [-0.39, 0.29) is 48.1 Å². The molecule has 89 heavy (non-hydrogen) atoms. The van der Waals surface area contributed by atoms with Crippen molar-refractivity contribution in [3.8, 4) is 22.5 Å². The van der Waals surface area contributed by atoms with Crippen LogP contribution in [-0.2, 0) is 13.1 Å². The third kappa shape index (κ3) is 15.4. The highest BCUT2D eigenvalue weighted by molar-refractivity contribution is 6.06. The number of fused-ring (bicyclic) bond motifs is 2. The van der Waals surface area contributed by atoms with Crippen molar-refractivity contribution in [2.45, 2.75) is 26.9 Å². The fourth-order valence-corrected chi connectivity index (χ4v) is 9.37. The quantitative estimate of drug-likeness (QED) is 0.0331. The highest BCUT2D eigenvalue weighted by Crippen LogP contribution is 2.41. The molecule has 0 atom stereocenters. The number of rotatable bonds is 17. The van der Waals surface area contributed by atoms with Gasteiger partial charge in [0.05, 0.1) is 30.0 Å². The average Bonchev–Trinajstić information content (AvgIpc) is 0.850. The molecule has 8 N–H and O–H groups in total. The number of para-hydroxylation sites is 2. The van der Waals surface area contributed by atoms with Crippen LogP contribution in [0.4, 0.5) is 84.8 Å². The minimum absolute atomic E-state index is 0.00914. The molecule has 0 unspecified atom stereocenters. The second-order valence-corrected chi connectivity index (χ2v) is 21.7. The molecule has 2 aliphatic rings. The molecule has 10 rings (SSSR count). The van der Waals surface area contributed by atoms with Crippen LogP contribution in [-0.4, -0.2) is 141 Å². The van der Waals surface area contributed by atoms with E-state index >= 15 is 0 Å². The van der Waals surface area contributed by atoms with Gasteiger partial charge in [-0.15, -0.1) is 0 Å². The van der Waals surface area contributed by atoms with Crippen LogP contribution in [0.15, 0.2) is 121 Å². The number of carbonyl (C=O) groups excluding carboxylic acids is 3. The molecule has 8 aromatic rings. The van der Waals surface area contributed by atoms with Gasteiger partial charge in [-0.3, -0.25) is 4.79 Å². The molecular formula is C64H70F4N16O5. The lowest BCUT2D eigenvalue weighted by Gasteiger charge is -2.31. The molecule has 4 heterocycles. The summed E-state index contributed by atoms with van der Waals surface area (Å²) >= 11 is 0. The number of carbonyl (C=O) groups is 4. The smallest absolute Gasteiger partial charge is 0.335 e. The Balaban J connectivity index is 0.000000202. The molecule has 6 aromatic carbocycles. The molecule has 0 spiro atoms. The van der Waals surface area contributed by atoms with Crippen LogP contribution in [0.2, 0.25) is 0 Å². The summed E-state index contributed by atoms with van der Waals surface area (Å²) in [6.07, 6.45) is 0. The summed E-state index contributed by atoms with van der Waals surface area (Å²) in [5, 5.41) is 24.0. The van der Waals surface area contributed by atoms with Gasteiger partial charge in [0.15, 0.2) is 11.6 Å². The van der Waals surface area contributed by atoms with E-state index in [2.05, 4.69) is 41.5 Å². The van der Waals surface area contributed by atoms with Crippen LogP contribution in [0.3, 0.4) is 0 Å². The van der Waals surface area contributed by atoms with Crippen LogP contribution in [0.25, 0.3) is 22.5 Å². The maximum atomic E-state index is 15.0. The first-order chi connectivity index (χ1) is 42.4. The Labute approximate surface area is 513 Å². The number of nitrogens with zero attached hydrogens (tertiary/aromatic N) is 10. The lowest BCUT2D eigenvalue weighted by atomic mass is 9.97. The van der Waals surface area contributed by atoms with Crippen LogP contribution in [0, 0.1) is 37.1 Å². The van der Waals surface area contributed by atoms with Gasteiger partial charge in [-0.1, -0.05) is 24.3 Å². The summed E-state index contributed by atoms with van der Waals surface area (Å²) in [6.45, 7) is 5.91. The maximum Gasteiger partial charge on any atom is 0.335 e. The van der Waals surface area contributed by atoms with Crippen LogP contribution >= 0.6 is 0 Å². The van der Waals surface area contributed by atoms with Crippen molar-refractivity contribution >= 4 is 81.6 Å². The predicted molar refractivity (Wildman–Crippen MR) is 341 cm³/mol. The van der Waals surface area contributed by atoms with Crippen molar-refractivity contribution in [1.29, 1.82) is 0 Å². The standard InChI is InChI=1S/C32H34F2N8O2.C24H24F2N6O3.C8H12N2/c1-19-9-10-20(30(43)37-21-11-13-22(14-12-21)41(4)5)17-23(19)27-24-18-36-32(44)42(28-25(33)7-6-8-26(28)34)29(24)39-31(38-27)35-15-16-40(2)3;1-13-7-8-14(22(33)34)11-15(13)19-16-12-28-24(35)32(20-17(25)5-4-6-18(20)26)21(16)30-23(29-19)27-9-10-31(2)3;1-10(2)8-5-3-7(9)4-6-8/h6-14,17H,15-16,18H2,1-5H3,(H,36,44)(H,37,43)(H,35,38,39);4-8,11H,9-10,12H2,1-3H3,(H,28,35)(H,33,34)(H,27,29,30);3-6H,9H2,1-2H3. The SMILES string of the molecule is CN(C)c1ccc(N)cc1.Cc1ccc(C(=O)Nc2ccc(N(C)C)cc2)cc1-c1nc(NCCN(C)C)nc2c1CNC(=O)N2c1c(F)cccc1F.Cc1ccc(C(=O)O)cc1-c1nc(NCCN(C)C)nc2c1CNC(=O)N2c1c(F)cccc1F. The molecule has 0 saturated heterocycles. The number of nitrogens with two attached hydrogens (primary N) is 1. The number of urea groups is 2. The van der Waals surface area contributed by atoms with Gasteiger partial charge in [0.2, 0.25) is 11.9 Å². The molecule has 2 aliphatic heterocycles. The van der Waals surface area contributed by atoms with E-state index in [0.717, 1.165) is 56.6 Å². The highest BCUT2D eigenvalue weighted by Gasteiger charge is 2.36.